The molecule has 2 aromatic rings. The Morgan fingerprint density at radius 3 is 2.79 bits per heavy atom. The van der Waals surface area contributed by atoms with E-state index < -0.39 is 0 Å². The summed E-state index contributed by atoms with van der Waals surface area (Å²) in [5.41, 5.74) is 0.543. The number of ether oxygens (including phenoxy) is 1. The number of piperidine rings is 2. The summed E-state index contributed by atoms with van der Waals surface area (Å²) >= 11 is 1.35. The highest BCUT2D eigenvalue weighted by atomic mass is 32.1. The van der Waals surface area contributed by atoms with E-state index in [4.69, 9.17) is 4.74 Å². The van der Waals surface area contributed by atoms with Crippen molar-refractivity contribution >= 4 is 27.5 Å². The Morgan fingerprint density at radius 1 is 1.33 bits per heavy atom. The van der Waals surface area contributed by atoms with Crippen LogP contribution < -0.4 is 10.1 Å². The molecule has 2 aliphatic rings. The number of amides is 1. The van der Waals surface area contributed by atoms with Crippen LogP contribution in [-0.4, -0.2) is 47.5 Å². The second kappa shape index (κ2) is 6.33. The van der Waals surface area contributed by atoms with E-state index in [1.54, 1.807) is 7.11 Å². The Morgan fingerprint density at radius 2 is 2.08 bits per heavy atom. The Kier molecular flexibility index (Phi) is 4.18. The van der Waals surface area contributed by atoms with Crippen molar-refractivity contribution in [2.24, 2.45) is 0 Å². The fourth-order valence-electron chi connectivity index (χ4n) is 4.20. The first-order valence-corrected chi connectivity index (χ1v) is 9.39. The number of nitrogens with one attached hydrogen (secondary N) is 1. The average molecular weight is 345 g/mol. The standard InChI is InChI=1S/C18H23N3O2S/c1-21-12-4-3-5-13(21)9-11(8-12)19-18(22)17-15-7-6-14(23-2)10-16(15)24-20-17/h6-7,10-13H,3-5,8-9H2,1-2H3,(H,19,22). The lowest BCUT2D eigenvalue weighted by Crippen LogP contribution is -2.55. The zero-order chi connectivity index (χ0) is 16.7. The molecule has 0 spiro atoms. The normalized spacial score (nSPS) is 27.2. The maximum Gasteiger partial charge on any atom is 0.271 e. The topological polar surface area (TPSA) is 54.5 Å². The molecule has 6 heteroatoms. The third kappa shape index (κ3) is 2.78. The van der Waals surface area contributed by atoms with E-state index in [2.05, 4.69) is 21.6 Å². The Hall–Kier alpha value is -1.66. The quantitative estimate of drug-likeness (QED) is 0.929. The molecule has 2 fully saturated rings. The van der Waals surface area contributed by atoms with Gasteiger partial charge in [-0.15, -0.1) is 0 Å². The van der Waals surface area contributed by atoms with E-state index in [0.717, 1.165) is 28.7 Å². The molecular weight excluding hydrogens is 322 g/mol. The number of benzene rings is 1. The van der Waals surface area contributed by atoms with Gasteiger partial charge in [0.15, 0.2) is 0 Å². The van der Waals surface area contributed by atoms with E-state index in [-0.39, 0.29) is 11.9 Å². The van der Waals surface area contributed by atoms with Crippen LogP contribution in [0.1, 0.15) is 42.6 Å². The maximum atomic E-state index is 12.7. The van der Waals surface area contributed by atoms with Crippen molar-refractivity contribution in [1.29, 1.82) is 0 Å². The van der Waals surface area contributed by atoms with Crippen molar-refractivity contribution in [3.63, 3.8) is 0 Å². The number of nitrogens with zero attached hydrogens (tertiary/aromatic N) is 2. The summed E-state index contributed by atoms with van der Waals surface area (Å²) in [4.78, 5) is 15.2. The van der Waals surface area contributed by atoms with Gasteiger partial charge in [-0.1, -0.05) is 6.42 Å². The van der Waals surface area contributed by atoms with E-state index in [0.29, 0.717) is 17.8 Å². The minimum absolute atomic E-state index is 0.0426. The van der Waals surface area contributed by atoms with Gasteiger partial charge in [0.05, 0.1) is 11.8 Å². The van der Waals surface area contributed by atoms with Crippen LogP contribution in [0.25, 0.3) is 10.1 Å². The first-order valence-electron chi connectivity index (χ1n) is 8.62. The molecule has 2 aliphatic heterocycles. The molecule has 5 nitrogen and oxygen atoms in total. The van der Waals surface area contributed by atoms with Crippen molar-refractivity contribution in [2.45, 2.75) is 50.2 Å². The van der Waals surface area contributed by atoms with Crippen molar-refractivity contribution in [1.82, 2.24) is 14.6 Å². The zero-order valence-electron chi connectivity index (χ0n) is 14.1. The van der Waals surface area contributed by atoms with Crippen LogP contribution in [0, 0.1) is 0 Å². The van der Waals surface area contributed by atoms with Crippen LogP contribution in [0.4, 0.5) is 0 Å². The van der Waals surface area contributed by atoms with Gasteiger partial charge in [-0.25, -0.2) is 0 Å². The molecule has 128 valence electrons. The number of fused-ring (bicyclic) bond motifs is 3. The molecule has 2 atom stereocenters. The summed E-state index contributed by atoms with van der Waals surface area (Å²) in [6.07, 6.45) is 5.92. The first-order chi connectivity index (χ1) is 11.7. The van der Waals surface area contributed by atoms with Crippen LogP contribution in [0.15, 0.2) is 18.2 Å². The third-order valence-corrected chi connectivity index (χ3v) is 6.38. The van der Waals surface area contributed by atoms with Gasteiger partial charge in [-0.2, -0.15) is 4.37 Å². The maximum absolute atomic E-state index is 12.7. The van der Waals surface area contributed by atoms with Crippen LogP contribution in [0.3, 0.4) is 0 Å². The molecule has 2 saturated heterocycles. The highest BCUT2D eigenvalue weighted by Gasteiger charge is 2.36. The summed E-state index contributed by atoms with van der Waals surface area (Å²) in [5.74, 6) is 0.750. The summed E-state index contributed by atoms with van der Waals surface area (Å²) in [6.45, 7) is 0. The molecule has 1 amide bonds. The monoisotopic (exact) mass is 345 g/mol. The Labute approximate surface area is 146 Å². The predicted octanol–water partition coefficient (Wildman–Crippen LogP) is 3.05. The van der Waals surface area contributed by atoms with Gasteiger partial charge >= 0.3 is 0 Å². The Balaban J connectivity index is 1.50. The molecule has 0 aliphatic carbocycles. The lowest BCUT2D eigenvalue weighted by Gasteiger charge is -2.47. The molecule has 4 rings (SSSR count). The minimum Gasteiger partial charge on any atom is -0.497 e. The molecule has 3 heterocycles. The number of methoxy groups -OCH3 is 1. The summed E-state index contributed by atoms with van der Waals surface area (Å²) < 4.78 is 10.6. The average Bonchev–Trinajstić information content (AvgIpc) is 2.98. The van der Waals surface area contributed by atoms with Gasteiger partial charge in [0.25, 0.3) is 5.91 Å². The lowest BCUT2D eigenvalue weighted by atomic mass is 9.82. The van der Waals surface area contributed by atoms with Gasteiger partial charge in [-0.05, 0) is 62.5 Å². The zero-order valence-corrected chi connectivity index (χ0v) is 14.9. The molecule has 24 heavy (non-hydrogen) atoms. The van der Waals surface area contributed by atoms with Crippen LogP contribution >= 0.6 is 11.5 Å². The summed E-state index contributed by atoms with van der Waals surface area (Å²) in [6, 6.07) is 7.23. The van der Waals surface area contributed by atoms with Crippen molar-refractivity contribution in [3.8, 4) is 5.75 Å². The lowest BCUT2D eigenvalue weighted by molar-refractivity contribution is 0.0462. The second-order valence-corrected chi connectivity index (χ2v) is 7.74. The molecular formula is C18H23N3O2S. The van der Waals surface area contributed by atoms with E-state index in [9.17, 15) is 4.79 Å². The molecule has 2 bridgehead atoms. The fourth-order valence-corrected chi connectivity index (χ4v) is 5.00. The summed E-state index contributed by atoms with van der Waals surface area (Å²) in [7, 11) is 3.88. The molecule has 2 unspecified atom stereocenters. The number of aromatic nitrogens is 1. The van der Waals surface area contributed by atoms with Crippen LogP contribution in [-0.2, 0) is 0 Å². The highest BCUT2D eigenvalue weighted by Crippen LogP contribution is 2.33. The SMILES string of the molecule is COc1ccc2c(C(=O)NC3CC4CCCC(C3)N4C)nsc2c1. The third-order valence-electron chi connectivity index (χ3n) is 5.57. The van der Waals surface area contributed by atoms with Crippen LogP contribution in [0.2, 0.25) is 0 Å². The molecule has 1 aromatic heterocycles. The molecule has 1 aromatic carbocycles. The van der Waals surface area contributed by atoms with Gasteiger partial charge in [0, 0.05) is 23.5 Å². The molecule has 0 saturated carbocycles. The molecule has 0 radical (unpaired) electrons. The highest BCUT2D eigenvalue weighted by molar-refractivity contribution is 7.13. The fraction of sp³-hybridized carbons (Fsp3) is 0.556. The molecule has 1 N–H and O–H groups in total. The number of carbonyl (C=O) groups excluding carboxylic acids is 1. The second-order valence-electron chi connectivity index (χ2n) is 6.94. The number of hydrogen-bond donors (Lipinski definition) is 1. The largest absolute Gasteiger partial charge is 0.497 e. The van der Waals surface area contributed by atoms with E-state index in [1.165, 1.54) is 30.8 Å². The smallest absolute Gasteiger partial charge is 0.271 e. The Bertz CT molecular complexity index is 746. The number of rotatable bonds is 3. The summed E-state index contributed by atoms with van der Waals surface area (Å²) in [5, 5.41) is 4.15. The predicted molar refractivity (Wildman–Crippen MR) is 95.9 cm³/mol. The van der Waals surface area contributed by atoms with Gasteiger partial charge in [0.2, 0.25) is 0 Å². The van der Waals surface area contributed by atoms with E-state index in [1.807, 2.05) is 18.2 Å². The van der Waals surface area contributed by atoms with Crippen molar-refractivity contribution in [3.05, 3.63) is 23.9 Å². The van der Waals surface area contributed by atoms with Gasteiger partial charge in [-0.3, -0.25) is 4.79 Å². The minimum atomic E-state index is -0.0426. The number of carbonyl (C=O) groups is 1. The van der Waals surface area contributed by atoms with E-state index >= 15 is 0 Å². The van der Waals surface area contributed by atoms with Gasteiger partial charge < -0.3 is 15.0 Å². The van der Waals surface area contributed by atoms with Crippen LogP contribution in [0.5, 0.6) is 5.75 Å². The van der Waals surface area contributed by atoms with Crippen molar-refractivity contribution in [2.75, 3.05) is 14.2 Å². The van der Waals surface area contributed by atoms with Gasteiger partial charge in [0.1, 0.15) is 11.4 Å². The number of hydrogen-bond acceptors (Lipinski definition) is 5. The van der Waals surface area contributed by atoms with Crippen molar-refractivity contribution < 1.29 is 9.53 Å². The first kappa shape index (κ1) is 15.8.